The summed E-state index contributed by atoms with van der Waals surface area (Å²) in [7, 11) is 0. The van der Waals surface area contributed by atoms with Crippen molar-refractivity contribution in [3.8, 4) is 0 Å². The van der Waals surface area contributed by atoms with Crippen LogP contribution in [0.25, 0.3) is 0 Å². The van der Waals surface area contributed by atoms with Gasteiger partial charge in [0.1, 0.15) is 5.41 Å². The molecule has 0 radical (unpaired) electrons. The van der Waals surface area contributed by atoms with Gasteiger partial charge in [-0.15, -0.1) is 0 Å². The molecule has 0 saturated carbocycles. The van der Waals surface area contributed by atoms with Crippen LogP contribution in [0.15, 0.2) is 60.7 Å². The summed E-state index contributed by atoms with van der Waals surface area (Å²) in [6, 6.07) is 18.5. The fourth-order valence-corrected chi connectivity index (χ4v) is 5.91. The van der Waals surface area contributed by atoms with E-state index in [-0.39, 0.29) is 0 Å². The quantitative estimate of drug-likeness (QED) is 0.163. The highest BCUT2D eigenvalue weighted by atomic mass is 16.3. The zero-order valence-corrected chi connectivity index (χ0v) is 26.2. The summed E-state index contributed by atoms with van der Waals surface area (Å²) in [4.78, 5) is 27.7. The van der Waals surface area contributed by atoms with Crippen molar-refractivity contribution in [3.05, 3.63) is 71.8 Å². The maximum Gasteiger partial charge on any atom is 0.235 e. The van der Waals surface area contributed by atoms with Gasteiger partial charge in [0, 0.05) is 0 Å². The van der Waals surface area contributed by atoms with E-state index in [1.165, 1.54) is 0 Å². The van der Waals surface area contributed by atoms with Gasteiger partial charge in [-0.1, -0.05) is 114 Å². The molecule has 2 aromatic carbocycles. The Morgan fingerprint density at radius 3 is 1.17 bits per heavy atom. The summed E-state index contributed by atoms with van der Waals surface area (Å²) >= 11 is 0. The van der Waals surface area contributed by atoms with Crippen LogP contribution in [-0.4, -0.2) is 45.3 Å². The fraction of sp³-hybridized carbons (Fsp3) is 0.600. The number of benzene rings is 2. The lowest BCUT2D eigenvalue weighted by atomic mass is 9.79. The van der Waals surface area contributed by atoms with Crippen LogP contribution in [-0.2, 0) is 22.4 Å². The fourth-order valence-electron chi connectivity index (χ4n) is 5.91. The highest BCUT2D eigenvalue weighted by Crippen LogP contribution is 2.30. The van der Waals surface area contributed by atoms with Crippen LogP contribution < -0.4 is 10.6 Å². The van der Waals surface area contributed by atoms with Crippen molar-refractivity contribution in [1.82, 2.24) is 10.6 Å². The monoisotopic (exact) mass is 566 g/mol. The Labute approximate surface area is 248 Å². The zero-order valence-electron chi connectivity index (χ0n) is 26.2. The minimum atomic E-state index is -1.43. The van der Waals surface area contributed by atoms with Gasteiger partial charge in [0.25, 0.3) is 0 Å². The molecule has 0 saturated heterocycles. The molecule has 0 bridgehead atoms. The molecule has 228 valence electrons. The summed E-state index contributed by atoms with van der Waals surface area (Å²) in [5.41, 5.74) is -1.60. The SMILES string of the molecule is CCCC(O)(CCC)C(Cc1ccccc1)NC(=O)C(C)(C)C(=O)NC(Cc1ccccc1)C(O)(CCC)CCC. The summed E-state index contributed by atoms with van der Waals surface area (Å²) in [6.07, 6.45) is 6.21. The van der Waals surface area contributed by atoms with Crippen LogP contribution in [0, 0.1) is 5.41 Å². The van der Waals surface area contributed by atoms with Crippen molar-refractivity contribution in [2.75, 3.05) is 0 Å². The minimum absolute atomic E-state index is 0.436. The Morgan fingerprint density at radius 1 is 0.610 bits per heavy atom. The molecule has 0 aliphatic carbocycles. The largest absolute Gasteiger partial charge is 0.388 e. The third-order valence-corrected chi connectivity index (χ3v) is 8.34. The molecule has 41 heavy (non-hydrogen) atoms. The van der Waals surface area contributed by atoms with Crippen LogP contribution in [0.5, 0.6) is 0 Å². The second-order valence-corrected chi connectivity index (χ2v) is 12.3. The Balaban J connectivity index is 2.36. The predicted molar refractivity (Wildman–Crippen MR) is 167 cm³/mol. The number of carbonyl (C=O) groups is 2. The van der Waals surface area contributed by atoms with Crippen molar-refractivity contribution in [3.63, 3.8) is 0 Å². The number of aliphatic hydroxyl groups is 2. The number of carbonyl (C=O) groups excluding carboxylic acids is 2. The van der Waals surface area contributed by atoms with Crippen molar-refractivity contribution >= 4 is 11.8 Å². The van der Waals surface area contributed by atoms with Crippen LogP contribution in [0.4, 0.5) is 0 Å². The van der Waals surface area contributed by atoms with E-state index in [1.54, 1.807) is 13.8 Å². The Bertz CT molecular complexity index is 959. The molecule has 2 amide bonds. The van der Waals surface area contributed by atoms with Crippen molar-refractivity contribution in [1.29, 1.82) is 0 Å². The molecule has 0 aromatic heterocycles. The lowest BCUT2D eigenvalue weighted by Crippen LogP contribution is -2.61. The smallest absolute Gasteiger partial charge is 0.235 e. The third-order valence-electron chi connectivity index (χ3n) is 8.34. The molecule has 2 unspecified atom stereocenters. The average Bonchev–Trinajstić information content (AvgIpc) is 2.94. The van der Waals surface area contributed by atoms with Gasteiger partial charge in [-0.3, -0.25) is 9.59 Å². The molecule has 6 heteroatoms. The van der Waals surface area contributed by atoms with Crippen LogP contribution >= 0.6 is 0 Å². The zero-order chi connectivity index (χ0) is 30.5. The molecule has 0 aliphatic heterocycles. The van der Waals surface area contributed by atoms with E-state index in [0.717, 1.165) is 36.8 Å². The minimum Gasteiger partial charge on any atom is -0.388 e. The molecule has 2 rings (SSSR count). The molecular weight excluding hydrogens is 512 g/mol. The van der Waals surface area contributed by atoms with E-state index in [2.05, 4.69) is 10.6 Å². The van der Waals surface area contributed by atoms with E-state index >= 15 is 0 Å². The van der Waals surface area contributed by atoms with Gasteiger partial charge in [-0.25, -0.2) is 0 Å². The Morgan fingerprint density at radius 2 is 0.902 bits per heavy atom. The number of nitrogens with one attached hydrogen (secondary N) is 2. The molecule has 0 aliphatic rings. The lowest BCUT2D eigenvalue weighted by Gasteiger charge is -2.40. The molecule has 6 nitrogen and oxygen atoms in total. The van der Waals surface area contributed by atoms with Crippen LogP contribution in [0.3, 0.4) is 0 Å². The van der Waals surface area contributed by atoms with Crippen molar-refractivity contribution < 1.29 is 19.8 Å². The predicted octanol–water partition coefficient (Wildman–Crippen LogP) is 6.13. The van der Waals surface area contributed by atoms with E-state index in [0.29, 0.717) is 38.5 Å². The van der Waals surface area contributed by atoms with E-state index in [4.69, 9.17) is 0 Å². The highest BCUT2D eigenvalue weighted by Gasteiger charge is 2.44. The summed E-state index contributed by atoms with van der Waals surface area (Å²) in [5.74, 6) is -0.871. The van der Waals surface area contributed by atoms with E-state index in [9.17, 15) is 19.8 Å². The van der Waals surface area contributed by atoms with Crippen LogP contribution in [0.1, 0.15) is 104 Å². The first-order valence-electron chi connectivity index (χ1n) is 15.6. The normalized spacial score (nSPS) is 13.9. The number of rotatable bonds is 18. The topological polar surface area (TPSA) is 98.7 Å². The number of amides is 2. The summed E-state index contributed by atoms with van der Waals surface area (Å²) in [5, 5.41) is 29.7. The van der Waals surface area contributed by atoms with Crippen molar-refractivity contribution in [2.45, 2.75) is 129 Å². The summed E-state index contributed by atoms with van der Waals surface area (Å²) in [6.45, 7) is 11.3. The van der Waals surface area contributed by atoms with Gasteiger partial charge in [-0.2, -0.15) is 0 Å². The molecule has 0 heterocycles. The molecular formula is C35H54N2O4. The second kappa shape index (κ2) is 16.1. The Kier molecular flexibility index (Phi) is 13.5. The Hall–Kier alpha value is -2.70. The maximum atomic E-state index is 13.9. The van der Waals surface area contributed by atoms with Gasteiger partial charge in [0.15, 0.2) is 0 Å². The second-order valence-electron chi connectivity index (χ2n) is 12.3. The van der Waals surface area contributed by atoms with Gasteiger partial charge in [-0.05, 0) is 63.5 Å². The number of hydrogen-bond donors (Lipinski definition) is 4. The van der Waals surface area contributed by atoms with Gasteiger partial charge in [0.05, 0.1) is 23.3 Å². The highest BCUT2D eigenvalue weighted by molar-refractivity contribution is 6.04. The molecule has 0 spiro atoms. The van der Waals surface area contributed by atoms with Gasteiger partial charge < -0.3 is 20.8 Å². The van der Waals surface area contributed by atoms with Gasteiger partial charge in [0.2, 0.25) is 11.8 Å². The standard InChI is InChI=1S/C35H54N2O4/c1-7-21-34(40,22-8-2)29(25-27-17-13-11-14-18-27)36-31(38)33(5,6)32(39)37-30(26-28-19-15-12-16-20-28)35(41,23-9-3)24-10-4/h11-20,29-30,40-41H,7-10,21-26H2,1-6H3,(H,36,38)(H,37,39). The number of hydrogen-bond acceptors (Lipinski definition) is 4. The molecule has 0 fully saturated rings. The average molecular weight is 567 g/mol. The first kappa shape index (κ1) is 34.5. The first-order chi connectivity index (χ1) is 19.5. The maximum absolute atomic E-state index is 13.9. The van der Waals surface area contributed by atoms with Crippen molar-refractivity contribution in [2.24, 2.45) is 5.41 Å². The van der Waals surface area contributed by atoms with E-state index < -0.39 is 40.5 Å². The summed E-state index contributed by atoms with van der Waals surface area (Å²) < 4.78 is 0. The van der Waals surface area contributed by atoms with Crippen LogP contribution in [0.2, 0.25) is 0 Å². The van der Waals surface area contributed by atoms with Gasteiger partial charge >= 0.3 is 0 Å². The first-order valence-corrected chi connectivity index (χ1v) is 15.6. The molecule has 4 N–H and O–H groups in total. The molecule has 2 aromatic rings. The third kappa shape index (κ3) is 9.68. The van der Waals surface area contributed by atoms with E-state index in [1.807, 2.05) is 88.4 Å². The lowest BCUT2D eigenvalue weighted by molar-refractivity contribution is -0.145. The molecule has 2 atom stereocenters.